The van der Waals surface area contributed by atoms with Crippen molar-refractivity contribution in [3.05, 3.63) is 93.0 Å². The van der Waals surface area contributed by atoms with Gasteiger partial charge in [0.1, 0.15) is 33.8 Å². The van der Waals surface area contributed by atoms with Gasteiger partial charge in [0, 0.05) is 21.7 Å². The van der Waals surface area contributed by atoms with Crippen molar-refractivity contribution < 1.29 is 18.7 Å². The van der Waals surface area contributed by atoms with Crippen LogP contribution in [-0.4, -0.2) is 5.97 Å². The van der Waals surface area contributed by atoms with Gasteiger partial charge >= 0.3 is 5.97 Å². The number of fused-ring (bicyclic) bond motifs is 2. The molecule has 0 spiro atoms. The summed E-state index contributed by atoms with van der Waals surface area (Å²) in [5.41, 5.74) is 8.00. The summed E-state index contributed by atoms with van der Waals surface area (Å²) in [5.74, 6) is 0.118. The Morgan fingerprint density at radius 2 is 2.09 bits per heavy atom. The molecule has 2 aromatic heterocycles. The van der Waals surface area contributed by atoms with Gasteiger partial charge in [-0.3, -0.25) is 0 Å². The molecule has 1 unspecified atom stereocenters. The number of nitrogens with two attached hydrogens (primary N) is 1. The summed E-state index contributed by atoms with van der Waals surface area (Å²) in [5, 5.41) is 10.7. The molecule has 2 N–H and O–H groups in total. The topological polar surface area (TPSA) is 98.5 Å². The Bertz CT molecular complexity index is 1450. The van der Waals surface area contributed by atoms with Crippen LogP contribution in [0, 0.1) is 18.3 Å². The van der Waals surface area contributed by atoms with E-state index < -0.39 is 11.9 Å². The van der Waals surface area contributed by atoms with Crippen LogP contribution in [0.2, 0.25) is 5.02 Å². The summed E-state index contributed by atoms with van der Waals surface area (Å²) < 4.78 is 17.7. The van der Waals surface area contributed by atoms with E-state index in [1.165, 1.54) is 17.6 Å². The maximum atomic E-state index is 12.8. The number of thiophene rings is 1. The van der Waals surface area contributed by atoms with Crippen LogP contribution in [-0.2, 0) is 0 Å². The van der Waals surface area contributed by atoms with Gasteiger partial charge in [-0.15, -0.1) is 11.3 Å². The molecule has 0 radical (unpaired) electrons. The minimum absolute atomic E-state index is 0.0206. The first-order valence-electron chi connectivity index (χ1n) is 9.62. The predicted molar refractivity (Wildman–Crippen MR) is 121 cm³/mol. The Hall–Kier alpha value is -3.73. The first kappa shape index (κ1) is 20.2. The van der Waals surface area contributed by atoms with Crippen LogP contribution in [0.1, 0.15) is 32.5 Å². The molecule has 0 saturated heterocycles. The number of furan rings is 1. The molecule has 5 rings (SSSR count). The summed E-state index contributed by atoms with van der Waals surface area (Å²) in [7, 11) is 0. The number of ether oxygens (including phenoxy) is 2. The molecule has 32 heavy (non-hydrogen) atoms. The van der Waals surface area contributed by atoms with E-state index in [1.54, 1.807) is 30.3 Å². The predicted octanol–water partition coefficient (Wildman–Crippen LogP) is 5.89. The Morgan fingerprint density at radius 3 is 2.84 bits per heavy atom. The maximum Gasteiger partial charge on any atom is 0.355 e. The molecule has 0 amide bonds. The lowest BCUT2D eigenvalue weighted by molar-refractivity contribution is 0.0740. The lowest BCUT2D eigenvalue weighted by Crippen LogP contribution is -2.21. The van der Waals surface area contributed by atoms with Crippen LogP contribution in [0.3, 0.4) is 0 Å². The Kier molecular flexibility index (Phi) is 4.89. The number of allylic oxidation sites excluding steroid dienone is 1. The van der Waals surface area contributed by atoms with Gasteiger partial charge in [-0.05, 0) is 36.8 Å². The van der Waals surface area contributed by atoms with E-state index in [9.17, 15) is 10.1 Å². The van der Waals surface area contributed by atoms with Crippen LogP contribution in [0.4, 0.5) is 0 Å². The van der Waals surface area contributed by atoms with Gasteiger partial charge in [0.05, 0.1) is 17.2 Å². The van der Waals surface area contributed by atoms with E-state index in [4.69, 9.17) is 31.2 Å². The van der Waals surface area contributed by atoms with Crippen molar-refractivity contribution in [2.45, 2.75) is 12.8 Å². The number of carbonyl (C=O) groups excluding carboxylic acids is 1. The molecule has 6 nitrogen and oxygen atoms in total. The summed E-state index contributed by atoms with van der Waals surface area (Å²) in [6.07, 6.45) is 1.53. The summed E-state index contributed by atoms with van der Waals surface area (Å²) >= 11 is 7.72. The van der Waals surface area contributed by atoms with Gasteiger partial charge in [0.2, 0.25) is 5.88 Å². The molecule has 1 atom stereocenters. The first-order chi connectivity index (χ1) is 15.5. The minimum Gasteiger partial charge on any atom is -0.468 e. The van der Waals surface area contributed by atoms with Gasteiger partial charge in [0.25, 0.3) is 0 Å². The van der Waals surface area contributed by atoms with Crippen molar-refractivity contribution in [1.29, 1.82) is 5.26 Å². The number of rotatable bonds is 3. The number of benzene rings is 2. The molecule has 0 fully saturated rings. The highest BCUT2D eigenvalue weighted by Gasteiger charge is 2.33. The van der Waals surface area contributed by atoms with Crippen molar-refractivity contribution in [2.24, 2.45) is 5.73 Å². The number of nitriles is 1. The smallest absolute Gasteiger partial charge is 0.355 e. The van der Waals surface area contributed by atoms with Crippen LogP contribution in [0.15, 0.2) is 70.7 Å². The number of aryl methyl sites for hydroxylation is 1. The standard InChI is InChI=1S/C24H15ClN2O4S/c1-12-4-6-15-19(9-12)32-22(21(15)25)24(28)30-13-5-7-14-18(10-13)31-23(27)16(11-26)20(14)17-3-2-8-29-17/h2-10,20H,27H2,1H3. The van der Waals surface area contributed by atoms with E-state index in [1.807, 2.05) is 25.1 Å². The SMILES string of the molecule is Cc1ccc2c(Cl)c(C(=O)Oc3ccc4c(c3)OC(N)=C(C#N)C4c3ccco3)sc2c1. The van der Waals surface area contributed by atoms with E-state index in [0.717, 1.165) is 15.6 Å². The van der Waals surface area contributed by atoms with Crippen molar-refractivity contribution in [2.75, 3.05) is 0 Å². The van der Waals surface area contributed by atoms with E-state index in [-0.39, 0.29) is 17.2 Å². The summed E-state index contributed by atoms with van der Waals surface area (Å²) in [6.45, 7) is 1.98. The fourth-order valence-electron chi connectivity index (χ4n) is 3.70. The molecule has 158 valence electrons. The summed E-state index contributed by atoms with van der Waals surface area (Å²) in [4.78, 5) is 13.2. The average molecular weight is 463 g/mol. The van der Waals surface area contributed by atoms with Crippen molar-refractivity contribution in [3.8, 4) is 17.6 Å². The van der Waals surface area contributed by atoms with Crippen molar-refractivity contribution in [3.63, 3.8) is 0 Å². The van der Waals surface area contributed by atoms with E-state index >= 15 is 0 Å². The maximum absolute atomic E-state index is 12.8. The quantitative estimate of drug-likeness (QED) is 0.301. The highest BCUT2D eigenvalue weighted by molar-refractivity contribution is 7.21. The van der Waals surface area contributed by atoms with Gasteiger partial charge in [-0.2, -0.15) is 5.26 Å². The number of esters is 1. The molecular formula is C24H15ClN2O4S. The van der Waals surface area contributed by atoms with Crippen LogP contribution in [0.25, 0.3) is 10.1 Å². The fourth-order valence-corrected chi connectivity index (χ4v) is 5.19. The first-order valence-corrected chi connectivity index (χ1v) is 10.8. The number of halogens is 1. The van der Waals surface area contributed by atoms with Crippen LogP contribution >= 0.6 is 22.9 Å². The van der Waals surface area contributed by atoms with E-state index in [0.29, 0.717) is 27.0 Å². The number of nitrogens with zero attached hydrogens (tertiary/aromatic N) is 1. The van der Waals surface area contributed by atoms with Crippen molar-refractivity contribution >= 4 is 39.0 Å². The zero-order valence-electron chi connectivity index (χ0n) is 16.7. The fraction of sp³-hybridized carbons (Fsp3) is 0.0833. The number of carbonyl (C=O) groups is 1. The third-order valence-corrected chi connectivity index (χ3v) is 6.84. The van der Waals surface area contributed by atoms with E-state index in [2.05, 4.69) is 6.07 Å². The Morgan fingerprint density at radius 1 is 1.25 bits per heavy atom. The lowest BCUT2D eigenvalue weighted by atomic mass is 9.87. The van der Waals surface area contributed by atoms with Crippen molar-refractivity contribution in [1.82, 2.24) is 0 Å². The number of hydrogen-bond acceptors (Lipinski definition) is 7. The second kappa shape index (κ2) is 7.75. The second-order valence-corrected chi connectivity index (χ2v) is 8.70. The molecule has 1 aliphatic heterocycles. The molecular weight excluding hydrogens is 448 g/mol. The monoisotopic (exact) mass is 462 g/mol. The minimum atomic E-state index is -0.562. The van der Waals surface area contributed by atoms with Gasteiger partial charge in [0.15, 0.2) is 0 Å². The Balaban J connectivity index is 1.48. The zero-order valence-corrected chi connectivity index (χ0v) is 18.3. The third-order valence-electron chi connectivity index (χ3n) is 5.20. The third kappa shape index (κ3) is 3.30. The van der Waals surface area contributed by atoms with Gasteiger partial charge < -0.3 is 19.6 Å². The number of hydrogen-bond donors (Lipinski definition) is 1. The normalized spacial score (nSPS) is 15.2. The highest BCUT2D eigenvalue weighted by Crippen LogP contribution is 2.44. The second-order valence-electron chi connectivity index (χ2n) is 7.27. The lowest BCUT2D eigenvalue weighted by Gasteiger charge is -2.25. The molecule has 8 heteroatoms. The van der Waals surface area contributed by atoms with Gasteiger partial charge in [-0.1, -0.05) is 29.8 Å². The van der Waals surface area contributed by atoms with Crippen LogP contribution < -0.4 is 15.2 Å². The largest absolute Gasteiger partial charge is 0.468 e. The Labute approximate surface area is 192 Å². The van der Waals surface area contributed by atoms with Gasteiger partial charge in [-0.25, -0.2) is 4.79 Å². The summed E-state index contributed by atoms with van der Waals surface area (Å²) in [6, 6.07) is 16.3. The molecule has 3 heterocycles. The molecule has 2 aromatic carbocycles. The molecule has 4 aromatic rings. The highest BCUT2D eigenvalue weighted by atomic mass is 35.5. The molecule has 0 saturated carbocycles. The molecule has 0 aliphatic carbocycles. The average Bonchev–Trinajstić information content (AvgIpc) is 3.40. The molecule has 1 aliphatic rings. The molecule has 0 bridgehead atoms. The zero-order chi connectivity index (χ0) is 22.4. The van der Waals surface area contributed by atoms with Crippen LogP contribution in [0.5, 0.6) is 11.5 Å².